The molecule has 0 saturated heterocycles. The Morgan fingerprint density at radius 2 is 2.12 bits per heavy atom. The van der Waals surface area contributed by atoms with Gasteiger partial charge in [-0.1, -0.05) is 6.07 Å². The first-order valence-electron chi connectivity index (χ1n) is 4.02. The van der Waals surface area contributed by atoms with Crippen LogP contribution in [0, 0.1) is 10.1 Å². The van der Waals surface area contributed by atoms with Gasteiger partial charge in [-0.3, -0.25) is 0 Å². The number of rotatable bonds is 2. The summed E-state index contributed by atoms with van der Waals surface area (Å²) in [6.07, 6.45) is 2.01. The van der Waals surface area contributed by atoms with Gasteiger partial charge in [0.25, 0.3) is 5.09 Å². The molecule has 0 saturated carbocycles. The Morgan fingerprint density at radius 1 is 1.56 bits per heavy atom. The molecule has 0 spiro atoms. The second-order valence-corrected chi connectivity index (χ2v) is 3.36. The average molecular weight is 244 g/mol. The first-order chi connectivity index (χ1) is 7.45. The molecule has 0 fully saturated rings. The zero-order valence-electron chi connectivity index (χ0n) is 8.53. The fourth-order valence-corrected chi connectivity index (χ4v) is 1.28. The molecule has 0 aliphatic rings. The van der Waals surface area contributed by atoms with Gasteiger partial charge in [0.1, 0.15) is 0 Å². The molecule has 0 heterocycles. The number of nitrogens with zero attached hydrogens (tertiary/aromatic N) is 2. The van der Waals surface area contributed by atoms with Crippen LogP contribution in [0.15, 0.2) is 34.2 Å². The van der Waals surface area contributed by atoms with Crippen molar-refractivity contribution in [3.8, 4) is 0 Å². The van der Waals surface area contributed by atoms with Crippen LogP contribution in [0.3, 0.4) is 0 Å². The van der Waals surface area contributed by atoms with E-state index in [4.69, 9.17) is 26.8 Å². The Labute approximate surface area is 96.3 Å². The smallest absolute Gasteiger partial charge is 0.291 e. The molecule has 1 rings (SSSR count). The van der Waals surface area contributed by atoms with Crippen molar-refractivity contribution in [3.05, 3.63) is 34.4 Å². The molecule has 5 N–H and O–H groups in total. The Balaban J connectivity index is 0.000000487. The SMILES string of the molecule is CSc1cccc(N=C(N)N)c1.O=[N+]([O-])O. The number of thioether (sulfide) groups is 1. The molecule has 1 aromatic rings. The van der Waals surface area contributed by atoms with Gasteiger partial charge in [-0.2, -0.15) is 0 Å². The Bertz CT molecular complexity index is 375. The van der Waals surface area contributed by atoms with Gasteiger partial charge in [0.15, 0.2) is 5.96 Å². The van der Waals surface area contributed by atoms with Gasteiger partial charge in [0, 0.05) is 4.90 Å². The first-order valence-corrected chi connectivity index (χ1v) is 5.25. The van der Waals surface area contributed by atoms with Crippen LogP contribution < -0.4 is 11.5 Å². The second kappa shape index (κ2) is 7.35. The average Bonchev–Trinajstić information content (AvgIpc) is 2.16. The Kier molecular flexibility index (Phi) is 6.45. The fraction of sp³-hybridized carbons (Fsp3) is 0.125. The van der Waals surface area contributed by atoms with E-state index in [9.17, 15) is 0 Å². The van der Waals surface area contributed by atoms with Crippen molar-refractivity contribution in [2.75, 3.05) is 6.26 Å². The lowest BCUT2D eigenvalue weighted by Crippen LogP contribution is -2.21. The van der Waals surface area contributed by atoms with E-state index in [0.717, 1.165) is 10.6 Å². The number of hydrogen-bond acceptors (Lipinski definition) is 4. The highest BCUT2D eigenvalue weighted by Gasteiger charge is 1.92. The predicted molar refractivity (Wildman–Crippen MR) is 62.5 cm³/mol. The zero-order chi connectivity index (χ0) is 12.6. The van der Waals surface area contributed by atoms with Gasteiger partial charge in [0.05, 0.1) is 5.69 Å². The molecule has 88 valence electrons. The topological polar surface area (TPSA) is 128 Å². The normalized spacial score (nSPS) is 8.56. The van der Waals surface area contributed by atoms with E-state index < -0.39 is 5.09 Å². The molecule has 0 aliphatic heterocycles. The number of nitrogens with two attached hydrogens (primary N) is 2. The summed E-state index contributed by atoms with van der Waals surface area (Å²) in [5.41, 5.74) is 11.3. The maximum Gasteiger partial charge on any atom is 0.291 e. The summed E-state index contributed by atoms with van der Waals surface area (Å²) in [7, 11) is 0. The lowest BCUT2D eigenvalue weighted by Gasteiger charge is -1.97. The molecule has 0 bridgehead atoms. The standard InChI is InChI=1S/C8H11N3S.HNO3/c1-12-7-4-2-3-6(5-7)11-8(9)10;2-1(3)4/h2-5H,1H3,(H4,9,10,11);(H,2,3,4). The summed E-state index contributed by atoms with van der Waals surface area (Å²) in [6.45, 7) is 0. The summed E-state index contributed by atoms with van der Waals surface area (Å²) in [5, 5.41) is 13.6. The fourth-order valence-electron chi connectivity index (χ4n) is 0.829. The monoisotopic (exact) mass is 244 g/mol. The Morgan fingerprint density at radius 3 is 2.56 bits per heavy atom. The van der Waals surface area contributed by atoms with E-state index in [0.29, 0.717) is 0 Å². The highest BCUT2D eigenvalue weighted by Crippen LogP contribution is 2.20. The highest BCUT2D eigenvalue weighted by molar-refractivity contribution is 7.98. The lowest BCUT2D eigenvalue weighted by atomic mass is 10.3. The lowest BCUT2D eigenvalue weighted by molar-refractivity contribution is -0.742. The van der Waals surface area contributed by atoms with Crippen molar-refractivity contribution in [1.82, 2.24) is 0 Å². The van der Waals surface area contributed by atoms with Crippen LogP contribution in [0.4, 0.5) is 5.69 Å². The van der Waals surface area contributed by atoms with E-state index in [1.54, 1.807) is 11.8 Å². The van der Waals surface area contributed by atoms with E-state index in [-0.39, 0.29) is 5.96 Å². The minimum Gasteiger partial charge on any atom is -0.370 e. The molecule has 0 atom stereocenters. The summed E-state index contributed by atoms with van der Waals surface area (Å²) >= 11 is 1.66. The van der Waals surface area contributed by atoms with Crippen LogP contribution in [0.5, 0.6) is 0 Å². The minimum absolute atomic E-state index is 0.0910. The van der Waals surface area contributed by atoms with Crippen LogP contribution in [0.1, 0.15) is 0 Å². The third-order valence-corrected chi connectivity index (χ3v) is 2.04. The van der Waals surface area contributed by atoms with Crippen LogP contribution >= 0.6 is 11.8 Å². The summed E-state index contributed by atoms with van der Waals surface area (Å²) in [6, 6.07) is 7.73. The number of benzene rings is 1. The predicted octanol–water partition coefficient (Wildman–Crippen LogP) is 0.966. The summed E-state index contributed by atoms with van der Waals surface area (Å²) in [5.74, 6) is 0.0910. The van der Waals surface area contributed by atoms with Crippen molar-refractivity contribution < 1.29 is 10.3 Å². The van der Waals surface area contributed by atoms with Gasteiger partial charge in [0.2, 0.25) is 0 Å². The Hall–Kier alpha value is -1.96. The number of guanidine groups is 1. The van der Waals surface area contributed by atoms with Gasteiger partial charge in [-0.25, -0.2) is 4.99 Å². The third kappa shape index (κ3) is 7.44. The largest absolute Gasteiger partial charge is 0.370 e. The van der Waals surface area contributed by atoms with Crippen LogP contribution in [-0.4, -0.2) is 22.5 Å². The quantitative estimate of drug-likeness (QED) is 0.234. The molecule has 8 heteroatoms. The van der Waals surface area contributed by atoms with E-state index in [1.165, 1.54) is 0 Å². The molecule has 0 amide bonds. The van der Waals surface area contributed by atoms with Crippen LogP contribution in [0.2, 0.25) is 0 Å². The maximum absolute atomic E-state index is 8.36. The molecule has 0 radical (unpaired) electrons. The number of hydrogen-bond donors (Lipinski definition) is 3. The van der Waals surface area contributed by atoms with Gasteiger partial charge >= 0.3 is 0 Å². The summed E-state index contributed by atoms with van der Waals surface area (Å²) in [4.78, 5) is 13.4. The third-order valence-electron chi connectivity index (χ3n) is 1.31. The zero-order valence-corrected chi connectivity index (χ0v) is 9.35. The van der Waals surface area contributed by atoms with E-state index in [1.807, 2.05) is 30.5 Å². The highest BCUT2D eigenvalue weighted by atomic mass is 32.2. The van der Waals surface area contributed by atoms with Crippen LogP contribution in [0.25, 0.3) is 0 Å². The second-order valence-electron chi connectivity index (χ2n) is 2.48. The van der Waals surface area contributed by atoms with Gasteiger partial charge in [-0.15, -0.1) is 21.9 Å². The molecular formula is C8H12N4O3S. The first kappa shape index (κ1) is 14.0. The molecule has 7 nitrogen and oxygen atoms in total. The van der Waals surface area contributed by atoms with Crippen molar-refractivity contribution in [2.24, 2.45) is 16.5 Å². The summed E-state index contributed by atoms with van der Waals surface area (Å²) < 4.78 is 0. The minimum atomic E-state index is -1.50. The molecule has 0 unspecified atom stereocenters. The maximum atomic E-state index is 8.36. The van der Waals surface area contributed by atoms with E-state index in [2.05, 4.69) is 4.99 Å². The van der Waals surface area contributed by atoms with Gasteiger partial charge < -0.3 is 16.7 Å². The number of aliphatic imine (C=N–C) groups is 1. The van der Waals surface area contributed by atoms with Gasteiger partial charge in [-0.05, 0) is 24.5 Å². The molecule has 16 heavy (non-hydrogen) atoms. The van der Waals surface area contributed by atoms with Crippen molar-refractivity contribution >= 4 is 23.4 Å². The van der Waals surface area contributed by atoms with Crippen molar-refractivity contribution in [2.45, 2.75) is 4.90 Å². The molecule has 0 aromatic heterocycles. The van der Waals surface area contributed by atoms with Crippen LogP contribution in [-0.2, 0) is 0 Å². The van der Waals surface area contributed by atoms with Crippen molar-refractivity contribution in [1.29, 1.82) is 0 Å². The molecular weight excluding hydrogens is 232 g/mol. The molecule has 1 aromatic carbocycles. The van der Waals surface area contributed by atoms with E-state index >= 15 is 0 Å². The van der Waals surface area contributed by atoms with Crippen molar-refractivity contribution in [3.63, 3.8) is 0 Å². The molecule has 0 aliphatic carbocycles.